The molecule has 1 saturated heterocycles. The molecule has 5 rings (SSSR count). The lowest BCUT2D eigenvalue weighted by Crippen LogP contribution is -2.29. The highest BCUT2D eigenvalue weighted by molar-refractivity contribution is 5.96. The number of benzene rings is 4. The number of nitrogens with zero attached hydrogens (tertiary/aromatic N) is 1. The highest BCUT2D eigenvalue weighted by Gasteiger charge is 2.20. The normalized spacial score (nSPS) is 14.0. The van der Waals surface area contributed by atoms with E-state index in [1.165, 1.54) is 24.9 Å². The molecule has 3 nitrogen and oxygen atoms in total. The number of piperidine rings is 1. The van der Waals surface area contributed by atoms with Gasteiger partial charge in [-0.25, -0.2) is 4.79 Å². The summed E-state index contributed by atoms with van der Waals surface area (Å²) in [6.45, 7) is 2.24. The molecule has 0 radical (unpaired) electrons. The van der Waals surface area contributed by atoms with Gasteiger partial charge in [-0.15, -0.1) is 0 Å². The maximum absolute atomic E-state index is 13.1. The molecule has 0 atom stereocenters. The van der Waals surface area contributed by atoms with Crippen LogP contribution >= 0.6 is 0 Å². The van der Waals surface area contributed by atoms with Crippen molar-refractivity contribution in [1.29, 1.82) is 0 Å². The number of hydrogen-bond acceptors (Lipinski definition) is 3. The van der Waals surface area contributed by atoms with E-state index in [-0.39, 0.29) is 5.97 Å². The Morgan fingerprint density at radius 2 is 1.28 bits per heavy atom. The first-order valence-electron chi connectivity index (χ1n) is 11.4. The van der Waals surface area contributed by atoms with Gasteiger partial charge in [-0.2, -0.15) is 0 Å². The molecule has 0 aliphatic carbocycles. The molecule has 0 spiro atoms. The number of ether oxygens (including phenoxy) is 1. The zero-order valence-electron chi connectivity index (χ0n) is 18.1. The van der Waals surface area contributed by atoms with Crippen LogP contribution in [0.2, 0.25) is 0 Å². The van der Waals surface area contributed by atoms with Crippen molar-refractivity contribution in [2.75, 3.05) is 18.0 Å². The summed E-state index contributed by atoms with van der Waals surface area (Å²) in [5, 5.41) is 2.20. The van der Waals surface area contributed by atoms with E-state index in [9.17, 15) is 4.79 Å². The van der Waals surface area contributed by atoms with E-state index in [0.717, 1.165) is 35.0 Å². The highest BCUT2D eigenvalue weighted by Crippen LogP contribution is 2.29. The highest BCUT2D eigenvalue weighted by atomic mass is 16.5. The second kappa shape index (κ2) is 9.27. The lowest BCUT2D eigenvalue weighted by Gasteiger charge is -2.29. The van der Waals surface area contributed by atoms with Crippen LogP contribution in [-0.4, -0.2) is 19.1 Å². The van der Waals surface area contributed by atoms with Crippen LogP contribution in [0.5, 0.6) is 0 Å². The van der Waals surface area contributed by atoms with Gasteiger partial charge in [0.2, 0.25) is 0 Å². The van der Waals surface area contributed by atoms with E-state index in [4.69, 9.17) is 4.74 Å². The number of esters is 1. The van der Waals surface area contributed by atoms with Crippen LogP contribution in [0.1, 0.15) is 46.9 Å². The fourth-order valence-corrected chi connectivity index (χ4v) is 4.47. The van der Waals surface area contributed by atoms with Crippen molar-refractivity contribution >= 4 is 22.4 Å². The quantitative estimate of drug-likeness (QED) is 0.333. The Hall–Kier alpha value is -3.59. The molecule has 0 saturated carbocycles. The summed E-state index contributed by atoms with van der Waals surface area (Å²) in [6.07, 6.45) is 3.39. The maximum Gasteiger partial charge on any atom is 0.339 e. The average molecular weight is 422 g/mol. The monoisotopic (exact) mass is 421 g/mol. The van der Waals surface area contributed by atoms with Gasteiger partial charge in [-0.1, -0.05) is 72.8 Å². The van der Waals surface area contributed by atoms with Crippen molar-refractivity contribution in [3.8, 4) is 0 Å². The second-order valence-corrected chi connectivity index (χ2v) is 8.40. The first kappa shape index (κ1) is 20.3. The van der Waals surface area contributed by atoms with Gasteiger partial charge in [0.05, 0.1) is 5.56 Å². The molecule has 0 bridgehead atoms. The predicted octanol–water partition coefficient (Wildman–Crippen LogP) is 6.78. The topological polar surface area (TPSA) is 29.5 Å². The summed E-state index contributed by atoms with van der Waals surface area (Å²) in [5.74, 6) is -0.315. The molecule has 1 aliphatic rings. The minimum atomic E-state index is -0.443. The maximum atomic E-state index is 13.1. The molecule has 1 fully saturated rings. The summed E-state index contributed by atoms with van der Waals surface area (Å²) in [4.78, 5) is 15.6. The molecule has 0 aromatic heterocycles. The van der Waals surface area contributed by atoms with Gasteiger partial charge < -0.3 is 9.64 Å². The molecule has 4 aromatic carbocycles. The summed E-state index contributed by atoms with van der Waals surface area (Å²) >= 11 is 0. The first-order chi connectivity index (χ1) is 15.8. The third-order valence-electron chi connectivity index (χ3n) is 6.21. The van der Waals surface area contributed by atoms with Crippen molar-refractivity contribution in [3.63, 3.8) is 0 Å². The SMILES string of the molecule is O=C(OC(c1ccccc1)c1ccccc1)c1ccc2cc(N3CCCCC3)ccc2c1. The van der Waals surface area contributed by atoms with Gasteiger partial charge in [0.1, 0.15) is 0 Å². The Kier molecular flexibility index (Phi) is 5.89. The third-order valence-corrected chi connectivity index (χ3v) is 6.21. The Balaban J connectivity index is 1.40. The molecule has 32 heavy (non-hydrogen) atoms. The summed E-state index contributed by atoms with van der Waals surface area (Å²) in [6, 6.07) is 32.1. The lowest BCUT2D eigenvalue weighted by molar-refractivity contribution is 0.0378. The average Bonchev–Trinajstić information content (AvgIpc) is 2.88. The van der Waals surface area contributed by atoms with Crippen molar-refractivity contribution < 1.29 is 9.53 Å². The predicted molar refractivity (Wildman–Crippen MR) is 130 cm³/mol. The number of rotatable bonds is 5. The lowest BCUT2D eigenvalue weighted by atomic mass is 10.0. The largest absolute Gasteiger partial charge is 0.449 e. The number of fused-ring (bicyclic) bond motifs is 1. The fraction of sp³-hybridized carbons (Fsp3) is 0.207. The molecule has 0 N–H and O–H groups in total. The van der Waals surface area contributed by atoms with E-state index in [1.54, 1.807) is 0 Å². The molecule has 3 heteroatoms. The summed E-state index contributed by atoms with van der Waals surface area (Å²) in [7, 11) is 0. The number of carbonyl (C=O) groups excluding carboxylic acids is 1. The summed E-state index contributed by atoms with van der Waals surface area (Å²) in [5.41, 5.74) is 3.75. The van der Waals surface area contributed by atoms with Crippen LogP contribution in [0.3, 0.4) is 0 Å². The Morgan fingerprint density at radius 1 is 0.688 bits per heavy atom. The smallest absolute Gasteiger partial charge is 0.339 e. The third kappa shape index (κ3) is 4.38. The molecule has 1 aliphatic heterocycles. The molecule has 4 aromatic rings. The molecule has 1 heterocycles. The molecule has 0 unspecified atom stereocenters. The van der Waals surface area contributed by atoms with Crippen LogP contribution in [-0.2, 0) is 4.74 Å². The van der Waals surface area contributed by atoms with Crippen molar-refractivity contribution in [2.45, 2.75) is 25.4 Å². The van der Waals surface area contributed by atoms with Crippen molar-refractivity contribution in [1.82, 2.24) is 0 Å². The number of anilines is 1. The van der Waals surface area contributed by atoms with E-state index in [0.29, 0.717) is 5.56 Å². The number of hydrogen-bond donors (Lipinski definition) is 0. The van der Waals surface area contributed by atoms with Gasteiger partial charge in [0.25, 0.3) is 0 Å². The fourth-order valence-electron chi connectivity index (χ4n) is 4.47. The van der Waals surface area contributed by atoms with Crippen LogP contribution in [0.15, 0.2) is 97.1 Å². The van der Waals surface area contributed by atoms with E-state index in [1.807, 2.05) is 78.9 Å². The van der Waals surface area contributed by atoms with Crippen LogP contribution in [0.4, 0.5) is 5.69 Å². The minimum Gasteiger partial charge on any atom is -0.449 e. The van der Waals surface area contributed by atoms with Crippen LogP contribution < -0.4 is 4.90 Å². The summed E-state index contributed by atoms with van der Waals surface area (Å²) < 4.78 is 6.03. The molecular formula is C29H27NO2. The molecule has 0 amide bonds. The zero-order valence-corrected chi connectivity index (χ0v) is 18.1. The Labute approximate surface area is 189 Å². The second-order valence-electron chi connectivity index (χ2n) is 8.40. The van der Waals surface area contributed by atoms with Gasteiger partial charge in [0, 0.05) is 18.8 Å². The molecular weight excluding hydrogens is 394 g/mol. The van der Waals surface area contributed by atoms with Crippen molar-refractivity contribution in [3.05, 3.63) is 114 Å². The van der Waals surface area contributed by atoms with Gasteiger partial charge in [-0.05, 0) is 65.4 Å². The van der Waals surface area contributed by atoms with Crippen molar-refractivity contribution in [2.24, 2.45) is 0 Å². The number of carbonyl (C=O) groups is 1. The van der Waals surface area contributed by atoms with Crippen LogP contribution in [0.25, 0.3) is 10.8 Å². The van der Waals surface area contributed by atoms with Gasteiger partial charge >= 0.3 is 5.97 Å². The van der Waals surface area contributed by atoms with Crippen LogP contribution in [0, 0.1) is 0 Å². The zero-order chi connectivity index (χ0) is 21.8. The molecule has 160 valence electrons. The van der Waals surface area contributed by atoms with Gasteiger partial charge in [0.15, 0.2) is 6.10 Å². The Bertz CT molecular complexity index is 1160. The Morgan fingerprint density at radius 3 is 1.94 bits per heavy atom. The minimum absolute atomic E-state index is 0.315. The standard InChI is InChI=1S/C29H27NO2/c31-29(32-28(22-10-4-1-5-11-22)23-12-6-2-7-13-23)26-15-14-25-21-27(17-16-24(25)20-26)30-18-8-3-9-19-30/h1-2,4-7,10-17,20-21,28H,3,8-9,18-19H2. The van der Waals surface area contributed by atoms with E-state index in [2.05, 4.69) is 23.1 Å². The first-order valence-corrected chi connectivity index (χ1v) is 11.4. The van der Waals surface area contributed by atoms with Gasteiger partial charge in [-0.3, -0.25) is 0 Å². The van der Waals surface area contributed by atoms with E-state index >= 15 is 0 Å². The van der Waals surface area contributed by atoms with E-state index < -0.39 is 6.10 Å².